The predicted octanol–water partition coefficient (Wildman–Crippen LogP) is 3.51. The maximum Gasteiger partial charge on any atom is 0.220 e. The normalized spacial score (nSPS) is 11.5. The fourth-order valence-corrected chi connectivity index (χ4v) is 1.98. The van der Waals surface area contributed by atoms with E-state index in [4.69, 9.17) is 0 Å². The summed E-state index contributed by atoms with van der Waals surface area (Å²) >= 11 is 0. The third-order valence-corrected chi connectivity index (χ3v) is 3.13. The summed E-state index contributed by atoms with van der Waals surface area (Å²) in [7, 11) is 1.72. The van der Waals surface area contributed by atoms with E-state index in [1.54, 1.807) is 7.05 Å². The van der Waals surface area contributed by atoms with Crippen molar-refractivity contribution in [1.82, 2.24) is 5.32 Å². The summed E-state index contributed by atoms with van der Waals surface area (Å²) in [6.07, 6.45) is 7.94. The van der Waals surface area contributed by atoms with E-state index in [0.717, 1.165) is 0 Å². The maximum absolute atomic E-state index is 11.4. The molecule has 90 valence electrons. The van der Waals surface area contributed by atoms with E-state index in [2.05, 4.69) is 26.1 Å². The monoisotopic (exact) mass is 213 g/mol. The van der Waals surface area contributed by atoms with Gasteiger partial charge in [0.1, 0.15) is 0 Å². The Morgan fingerprint density at radius 1 is 1.13 bits per heavy atom. The number of hydrogen-bond acceptors (Lipinski definition) is 1. The first kappa shape index (κ1) is 14.5. The van der Waals surface area contributed by atoms with Crippen molar-refractivity contribution >= 4 is 5.91 Å². The number of amides is 1. The lowest BCUT2D eigenvalue weighted by atomic mass is 9.77. The standard InChI is InChI=1S/C13H27NO/c1-5-7-9-13(3,10-8-6-2)11-12(15)14-4/h5-11H2,1-4H3,(H,14,15). The number of rotatable bonds is 8. The zero-order valence-corrected chi connectivity index (χ0v) is 10.9. The first-order valence-electron chi connectivity index (χ1n) is 6.28. The minimum Gasteiger partial charge on any atom is -0.359 e. The lowest BCUT2D eigenvalue weighted by Crippen LogP contribution is -2.28. The van der Waals surface area contributed by atoms with Crippen LogP contribution in [0, 0.1) is 5.41 Å². The molecule has 0 radical (unpaired) electrons. The van der Waals surface area contributed by atoms with Gasteiger partial charge in [0, 0.05) is 13.5 Å². The van der Waals surface area contributed by atoms with E-state index < -0.39 is 0 Å². The molecule has 0 aromatic rings. The number of hydrogen-bond donors (Lipinski definition) is 1. The van der Waals surface area contributed by atoms with E-state index in [9.17, 15) is 4.79 Å². The molecule has 0 aromatic carbocycles. The molecule has 0 aliphatic carbocycles. The summed E-state index contributed by atoms with van der Waals surface area (Å²) in [5, 5.41) is 2.73. The lowest BCUT2D eigenvalue weighted by molar-refractivity contribution is -0.123. The van der Waals surface area contributed by atoms with Crippen molar-refractivity contribution in [3.05, 3.63) is 0 Å². The average molecular weight is 213 g/mol. The Morgan fingerprint density at radius 3 is 1.93 bits per heavy atom. The molecule has 0 heterocycles. The van der Waals surface area contributed by atoms with Crippen LogP contribution in [0.15, 0.2) is 0 Å². The van der Waals surface area contributed by atoms with Crippen LogP contribution in [0.4, 0.5) is 0 Å². The van der Waals surface area contributed by atoms with Crippen LogP contribution in [-0.2, 0) is 4.79 Å². The van der Waals surface area contributed by atoms with Crippen molar-refractivity contribution < 1.29 is 4.79 Å². The minimum atomic E-state index is 0.185. The Labute approximate surface area is 94.8 Å². The van der Waals surface area contributed by atoms with Crippen molar-refractivity contribution in [2.75, 3.05) is 7.05 Å². The van der Waals surface area contributed by atoms with Gasteiger partial charge in [-0.05, 0) is 18.3 Å². The second-order valence-electron chi connectivity index (χ2n) is 4.87. The fourth-order valence-electron chi connectivity index (χ4n) is 1.98. The third-order valence-electron chi connectivity index (χ3n) is 3.13. The number of carbonyl (C=O) groups is 1. The molecule has 0 aliphatic heterocycles. The van der Waals surface area contributed by atoms with Crippen LogP contribution < -0.4 is 5.32 Å². The SMILES string of the molecule is CCCCC(C)(CCCC)CC(=O)NC. The minimum absolute atomic E-state index is 0.185. The van der Waals surface area contributed by atoms with Crippen LogP contribution >= 0.6 is 0 Å². The van der Waals surface area contributed by atoms with Crippen LogP contribution in [0.3, 0.4) is 0 Å². The highest BCUT2D eigenvalue weighted by atomic mass is 16.1. The van der Waals surface area contributed by atoms with Crippen LogP contribution in [0.25, 0.3) is 0 Å². The predicted molar refractivity (Wildman–Crippen MR) is 65.8 cm³/mol. The molecule has 0 rings (SSSR count). The van der Waals surface area contributed by atoms with Crippen molar-refractivity contribution in [3.8, 4) is 0 Å². The zero-order valence-electron chi connectivity index (χ0n) is 10.9. The van der Waals surface area contributed by atoms with Crippen molar-refractivity contribution in [3.63, 3.8) is 0 Å². The van der Waals surface area contributed by atoms with Crippen molar-refractivity contribution in [2.24, 2.45) is 5.41 Å². The van der Waals surface area contributed by atoms with Gasteiger partial charge in [-0.15, -0.1) is 0 Å². The van der Waals surface area contributed by atoms with E-state index >= 15 is 0 Å². The molecule has 0 saturated carbocycles. The Morgan fingerprint density at radius 2 is 1.60 bits per heavy atom. The van der Waals surface area contributed by atoms with E-state index in [1.165, 1.54) is 38.5 Å². The van der Waals surface area contributed by atoms with E-state index in [0.29, 0.717) is 6.42 Å². The van der Waals surface area contributed by atoms with Gasteiger partial charge in [0.2, 0.25) is 5.91 Å². The van der Waals surface area contributed by atoms with E-state index in [1.807, 2.05) is 0 Å². The number of unbranched alkanes of at least 4 members (excludes halogenated alkanes) is 2. The Bertz CT molecular complexity index is 169. The van der Waals surface area contributed by atoms with Gasteiger partial charge in [-0.1, -0.05) is 46.5 Å². The molecular formula is C13H27NO. The van der Waals surface area contributed by atoms with Gasteiger partial charge < -0.3 is 5.32 Å². The van der Waals surface area contributed by atoms with Crippen molar-refractivity contribution in [2.45, 2.75) is 65.7 Å². The molecule has 2 nitrogen and oxygen atoms in total. The zero-order chi connectivity index (χ0) is 11.7. The molecule has 15 heavy (non-hydrogen) atoms. The largest absolute Gasteiger partial charge is 0.359 e. The van der Waals surface area contributed by atoms with Gasteiger partial charge in [0.15, 0.2) is 0 Å². The molecule has 0 bridgehead atoms. The van der Waals surface area contributed by atoms with Crippen LogP contribution in [0.5, 0.6) is 0 Å². The molecule has 0 spiro atoms. The highest BCUT2D eigenvalue weighted by Crippen LogP contribution is 2.34. The van der Waals surface area contributed by atoms with Crippen molar-refractivity contribution in [1.29, 1.82) is 0 Å². The molecule has 0 atom stereocenters. The summed E-state index contributed by atoms with van der Waals surface area (Å²) in [5.41, 5.74) is 0.214. The first-order chi connectivity index (χ1) is 7.08. The molecule has 0 aromatic heterocycles. The number of carbonyl (C=O) groups excluding carboxylic acids is 1. The quantitative estimate of drug-likeness (QED) is 0.657. The molecular weight excluding hydrogens is 186 g/mol. The average Bonchev–Trinajstić information content (AvgIpc) is 2.23. The summed E-state index contributed by atoms with van der Waals surface area (Å²) in [4.78, 5) is 11.4. The van der Waals surface area contributed by atoms with Gasteiger partial charge in [-0.2, -0.15) is 0 Å². The van der Waals surface area contributed by atoms with Gasteiger partial charge in [0.05, 0.1) is 0 Å². The van der Waals surface area contributed by atoms with Crippen LogP contribution in [0.2, 0.25) is 0 Å². The number of nitrogens with one attached hydrogen (secondary N) is 1. The summed E-state index contributed by atoms with van der Waals surface area (Å²) < 4.78 is 0. The highest BCUT2D eigenvalue weighted by Gasteiger charge is 2.25. The van der Waals surface area contributed by atoms with E-state index in [-0.39, 0.29) is 11.3 Å². The second-order valence-corrected chi connectivity index (χ2v) is 4.87. The summed E-state index contributed by atoms with van der Waals surface area (Å²) in [5.74, 6) is 0.185. The van der Waals surface area contributed by atoms with Gasteiger partial charge in [-0.3, -0.25) is 4.79 Å². The molecule has 0 fully saturated rings. The molecule has 0 aliphatic rings. The lowest BCUT2D eigenvalue weighted by Gasteiger charge is -2.28. The summed E-state index contributed by atoms with van der Waals surface area (Å²) in [6, 6.07) is 0. The Kier molecular flexibility index (Phi) is 7.45. The van der Waals surface area contributed by atoms with Crippen LogP contribution in [-0.4, -0.2) is 13.0 Å². The Hall–Kier alpha value is -0.530. The molecule has 0 saturated heterocycles. The smallest absolute Gasteiger partial charge is 0.220 e. The van der Waals surface area contributed by atoms with Gasteiger partial charge in [0.25, 0.3) is 0 Å². The molecule has 1 N–H and O–H groups in total. The third kappa shape index (κ3) is 6.53. The first-order valence-corrected chi connectivity index (χ1v) is 6.28. The molecule has 1 amide bonds. The van der Waals surface area contributed by atoms with Gasteiger partial charge >= 0.3 is 0 Å². The highest BCUT2D eigenvalue weighted by molar-refractivity contribution is 5.76. The topological polar surface area (TPSA) is 29.1 Å². The summed E-state index contributed by atoms with van der Waals surface area (Å²) in [6.45, 7) is 6.67. The Balaban J connectivity index is 4.18. The maximum atomic E-state index is 11.4. The fraction of sp³-hybridized carbons (Fsp3) is 0.923. The molecule has 2 heteroatoms. The molecule has 0 unspecified atom stereocenters. The van der Waals surface area contributed by atoms with Gasteiger partial charge in [-0.25, -0.2) is 0 Å². The van der Waals surface area contributed by atoms with Crippen LogP contribution in [0.1, 0.15) is 65.7 Å². The second kappa shape index (κ2) is 7.72.